The first kappa shape index (κ1) is 16.7. The Hall–Kier alpha value is -2.70. The predicted molar refractivity (Wildman–Crippen MR) is 76.5 cm³/mol. The second-order valence-corrected chi connectivity index (χ2v) is 4.51. The van der Waals surface area contributed by atoms with Crippen LogP contribution in [0.4, 0.5) is 13.2 Å². The number of esters is 1. The Morgan fingerprint density at radius 1 is 0.913 bits per heavy atom. The summed E-state index contributed by atoms with van der Waals surface area (Å²) in [4.78, 5) is 11.7. The average molecular weight is 326 g/mol. The van der Waals surface area contributed by atoms with Crippen LogP contribution in [0.25, 0.3) is 11.1 Å². The number of benzene rings is 2. The first-order valence-electron chi connectivity index (χ1n) is 6.46. The van der Waals surface area contributed by atoms with Crippen LogP contribution in [0.5, 0.6) is 11.5 Å². The van der Waals surface area contributed by atoms with Gasteiger partial charge in [0.25, 0.3) is 0 Å². The van der Waals surface area contributed by atoms with Crippen LogP contribution in [-0.4, -0.2) is 26.6 Å². The summed E-state index contributed by atoms with van der Waals surface area (Å²) < 4.78 is 50.1. The number of alkyl halides is 3. The van der Waals surface area contributed by atoms with Gasteiger partial charge in [0.15, 0.2) is 0 Å². The molecule has 0 atom stereocenters. The minimum absolute atomic E-state index is 0.275. The lowest BCUT2D eigenvalue weighted by molar-refractivity contribution is -0.274. The zero-order valence-electron chi connectivity index (χ0n) is 12.3. The summed E-state index contributed by atoms with van der Waals surface area (Å²) in [7, 11) is 2.70. The SMILES string of the molecule is COC(=O)c1cc(OC)cc(-c2ccc(OC(F)(F)F)cc2)c1. The fraction of sp³-hybridized carbons (Fsp3) is 0.188. The Morgan fingerprint density at radius 2 is 1.57 bits per heavy atom. The van der Waals surface area contributed by atoms with Gasteiger partial charge < -0.3 is 14.2 Å². The zero-order chi connectivity index (χ0) is 17.0. The van der Waals surface area contributed by atoms with Crippen molar-refractivity contribution >= 4 is 5.97 Å². The van der Waals surface area contributed by atoms with E-state index < -0.39 is 12.3 Å². The van der Waals surface area contributed by atoms with Gasteiger partial charge in [-0.25, -0.2) is 4.79 Å². The maximum atomic E-state index is 12.2. The molecule has 0 aromatic heterocycles. The molecule has 0 radical (unpaired) electrons. The summed E-state index contributed by atoms with van der Waals surface area (Å²) in [5, 5.41) is 0. The fourth-order valence-electron chi connectivity index (χ4n) is 1.97. The van der Waals surface area contributed by atoms with E-state index in [0.29, 0.717) is 16.9 Å². The van der Waals surface area contributed by atoms with E-state index in [2.05, 4.69) is 9.47 Å². The number of ether oxygens (including phenoxy) is 3. The molecule has 122 valence electrons. The Labute approximate surface area is 130 Å². The first-order chi connectivity index (χ1) is 10.8. The van der Waals surface area contributed by atoms with Crippen molar-refractivity contribution in [3.05, 3.63) is 48.0 Å². The minimum atomic E-state index is -4.74. The van der Waals surface area contributed by atoms with Crippen molar-refractivity contribution in [1.29, 1.82) is 0 Å². The van der Waals surface area contributed by atoms with Crippen molar-refractivity contribution < 1.29 is 32.2 Å². The predicted octanol–water partition coefficient (Wildman–Crippen LogP) is 4.05. The van der Waals surface area contributed by atoms with Gasteiger partial charge in [0.2, 0.25) is 0 Å². The van der Waals surface area contributed by atoms with Gasteiger partial charge in [0, 0.05) is 0 Å². The number of methoxy groups -OCH3 is 2. The van der Waals surface area contributed by atoms with Crippen LogP contribution in [0, 0.1) is 0 Å². The highest BCUT2D eigenvalue weighted by Crippen LogP contribution is 2.29. The van der Waals surface area contributed by atoms with E-state index >= 15 is 0 Å². The Kier molecular flexibility index (Phi) is 4.78. The van der Waals surface area contributed by atoms with Crippen molar-refractivity contribution in [3.63, 3.8) is 0 Å². The average Bonchev–Trinajstić information content (AvgIpc) is 2.52. The molecule has 0 fully saturated rings. The van der Waals surface area contributed by atoms with Gasteiger partial charge in [-0.15, -0.1) is 13.2 Å². The third-order valence-corrected chi connectivity index (χ3v) is 2.98. The monoisotopic (exact) mass is 326 g/mol. The maximum Gasteiger partial charge on any atom is 0.573 e. The zero-order valence-corrected chi connectivity index (χ0v) is 12.3. The summed E-state index contributed by atoms with van der Waals surface area (Å²) in [5.41, 5.74) is 1.48. The van der Waals surface area contributed by atoms with E-state index in [1.807, 2.05) is 0 Å². The van der Waals surface area contributed by atoms with Gasteiger partial charge in [-0.1, -0.05) is 12.1 Å². The highest BCUT2D eigenvalue weighted by atomic mass is 19.4. The molecular formula is C16H13F3O4. The van der Waals surface area contributed by atoms with Crippen LogP contribution in [-0.2, 0) is 4.74 Å². The second-order valence-electron chi connectivity index (χ2n) is 4.51. The molecule has 0 spiro atoms. The fourth-order valence-corrected chi connectivity index (χ4v) is 1.97. The topological polar surface area (TPSA) is 44.8 Å². The van der Waals surface area contributed by atoms with Crippen molar-refractivity contribution in [2.75, 3.05) is 14.2 Å². The number of carbonyl (C=O) groups is 1. The molecule has 0 N–H and O–H groups in total. The van der Waals surface area contributed by atoms with E-state index in [-0.39, 0.29) is 11.3 Å². The quantitative estimate of drug-likeness (QED) is 0.795. The molecule has 2 aromatic rings. The molecule has 0 unspecified atom stereocenters. The third-order valence-electron chi connectivity index (χ3n) is 2.98. The second kappa shape index (κ2) is 6.60. The summed E-state index contributed by atoms with van der Waals surface area (Å²) in [6.45, 7) is 0. The molecule has 4 nitrogen and oxygen atoms in total. The van der Waals surface area contributed by atoms with Crippen molar-refractivity contribution in [2.45, 2.75) is 6.36 Å². The van der Waals surface area contributed by atoms with Crippen LogP contribution in [0.2, 0.25) is 0 Å². The Balaban J connectivity index is 2.35. The van der Waals surface area contributed by atoms with Gasteiger partial charge in [-0.3, -0.25) is 0 Å². The number of halogens is 3. The highest BCUT2D eigenvalue weighted by Gasteiger charge is 2.30. The number of hydrogen-bond donors (Lipinski definition) is 0. The number of hydrogen-bond acceptors (Lipinski definition) is 4. The standard InChI is InChI=1S/C16H13F3O4/c1-21-14-8-11(7-12(9-14)15(20)22-2)10-3-5-13(6-4-10)23-16(17,18)19/h3-9H,1-2H3. The Bertz CT molecular complexity index is 693. The smallest absolute Gasteiger partial charge is 0.497 e. The molecule has 2 rings (SSSR count). The summed E-state index contributed by atoms with van der Waals surface area (Å²) >= 11 is 0. The van der Waals surface area contributed by atoms with Gasteiger partial charge in [-0.2, -0.15) is 0 Å². The normalized spacial score (nSPS) is 11.0. The minimum Gasteiger partial charge on any atom is -0.497 e. The number of carbonyl (C=O) groups excluding carboxylic acids is 1. The summed E-state index contributed by atoms with van der Waals surface area (Å²) in [6, 6.07) is 10.0. The van der Waals surface area contributed by atoms with Crippen LogP contribution >= 0.6 is 0 Å². The molecule has 0 saturated carbocycles. The third kappa shape index (κ3) is 4.38. The van der Waals surface area contributed by atoms with E-state index in [4.69, 9.17) is 4.74 Å². The molecule has 7 heteroatoms. The van der Waals surface area contributed by atoms with Crippen LogP contribution in [0.1, 0.15) is 10.4 Å². The van der Waals surface area contributed by atoms with Gasteiger partial charge in [0.05, 0.1) is 19.8 Å². The highest BCUT2D eigenvalue weighted by molar-refractivity contribution is 5.91. The Morgan fingerprint density at radius 3 is 2.09 bits per heavy atom. The van der Waals surface area contributed by atoms with Gasteiger partial charge in [0.1, 0.15) is 11.5 Å². The molecule has 0 bridgehead atoms. The van der Waals surface area contributed by atoms with E-state index in [9.17, 15) is 18.0 Å². The maximum absolute atomic E-state index is 12.2. The van der Waals surface area contributed by atoms with Crippen molar-refractivity contribution in [2.24, 2.45) is 0 Å². The molecular weight excluding hydrogens is 313 g/mol. The molecule has 0 aliphatic rings. The number of rotatable bonds is 4. The van der Waals surface area contributed by atoms with Gasteiger partial charge >= 0.3 is 12.3 Å². The molecule has 0 heterocycles. The van der Waals surface area contributed by atoms with Crippen molar-refractivity contribution in [3.8, 4) is 22.6 Å². The largest absolute Gasteiger partial charge is 0.573 e. The van der Waals surface area contributed by atoms with Crippen molar-refractivity contribution in [1.82, 2.24) is 0 Å². The molecule has 0 aliphatic heterocycles. The molecule has 0 saturated heterocycles. The first-order valence-corrected chi connectivity index (χ1v) is 6.46. The molecule has 23 heavy (non-hydrogen) atoms. The molecule has 0 amide bonds. The summed E-state index contributed by atoms with van der Waals surface area (Å²) in [6.07, 6.45) is -4.74. The molecule has 0 aliphatic carbocycles. The van der Waals surface area contributed by atoms with Gasteiger partial charge in [-0.05, 0) is 41.5 Å². The summed E-state index contributed by atoms with van der Waals surface area (Å²) in [5.74, 6) is -0.432. The lowest BCUT2D eigenvalue weighted by Gasteiger charge is -2.11. The van der Waals surface area contributed by atoms with Crippen LogP contribution in [0.15, 0.2) is 42.5 Å². The van der Waals surface area contributed by atoms with E-state index in [0.717, 1.165) is 0 Å². The lowest BCUT2D eigenvalue weighted by Crippen LogP contribution is -2.16. The van der Waals surface area contributed by atoms with Crippen LogP contribution in [0.3, 0.4) is 0 Å². The van der Waals surface area contributed by atoms with Crippen LogP contribution < -0.4 is 9.47 Å². The van der Waals surface area contributed by atoms with E-state index in [1.165, 1.54) is 44.6 Å². The molecule has 2 aromatic carbocycles. The lowest BCUT2D eigenvalue weighted by atomic mass is 10.0. The van der Waals surface area contributed by atoms with E-state index in [1.54, 1.807) is 12.1 Å².